The van der Waals surface area contributed by atoms with Crippen LogP contribution in [0.15, 0.2) is 0 Å². The number of nitrogens with zero attached hydrogens (tertiary/aromatic N) is 1. The van der Waals surface area contributed by atoms with E-state index in [9.17, 15) is 5.02 Å². The third-order valence-electron chi connectivity index (χ3n) is 5.29. The Bertz CT molecular complexity index is 319. The summed E-state index contributed by atoms with van der Waals surface area (Å²) in [5.74, 6) is 0. The molecule has 2 atom stereocenters. The fourth-order valence-electron chi connectivity index (χ4n) is 3.74. The van der Waals surface area contributed by atoms with E-state index >= 15 is 0 Å². The van der Waals surface area contributed by atoms with E-state index in [4.69, 9.17) is 18.8 Å². The molecule has 1 rings (SSSR count). The first-order chi connectivity index (χ1) is 13.2. The van der Waals surface area contributed by atoms with Crippen LogP contribution in [0.3, 0.4) is 0 Å². The molecule has 7 heteroatoms. The highest BCUT2D eigenvalue weighted by molar-refractivity contribution is 6.34. The molecule has 0 saturated carbocycles. The molecule has 0 aromatic rings. The number of ether oxygens (including phenoxy) is 2. The number of hydrogen-bond acceptors (Lipinski definition) is 6. The van der Waals surface area contributed by atoms with Gasteiger partial charge < -0.3 is 23.8 Å². The summed E-state index contributed by atoms with van der Waals surface area (Å²) in [6.45, 7) is 5.18. The van der Waals surface area contributed by atoms with E-state index in [1.54, 1.807) is 14.2 Å². The smallest absolute Gasteiger partial charge is 0.402 e. The normalized spacial score (nSPS) is 22.0. The molecule has 1 saturated heterocycles. The molecule has 0 aromatic heterocycles. The fourth-order valence-corrected chi connectivity index (χ4v) is 3.74. The largest absolute Gasteiger partial charge is 0.636 e. The zero-order chi connectivity index (χ0) is 19.7. The Labute approximate surface area is 167 Å². The topological polar surface area (TPSA) is 60.4 Å². The zero-order valence-electron chi connectivity index (χ0n) is 17.9. The van der Waals surface area contributed by atoms with Crippen LogP contribution < -0.4 is 0 Å². The van der Waals surface area contributed by atoms with Crippen molar-refractivity contribution >= 4 is 7.32 Å². The van der Waals surface area contributed by atoms with Crippen molar-refractivity contribution in [2.75, 3.05) is 47.2 Å². The minimum Gasteiger partial charge on any atom is -0.402 e. The Morgan fingerprint density at radius 3 is 1.70 bits per heavy atom. The monoisotopic (exact) mass is 387 g/mol. The SMILES string of the molecule is CCCCCCCCCCCCN1C(COC)COB(O)OCC1COC. The van der Waals surface area contributed by atoms with Gasteiger partial charge >= 0.3 is 7.32 Å². The molecular formula is C20H42BNO5. The van der Waals surface area contributed by atoms with Gasteiger partial charge in [-0.3, -0.25) is 4.90 Å². The van der Waals surface area contributed by atoms with Gasteiger partial charge in [0.2, 0.25) is 0 Å². The highest BCUT2D eigenvalue weighted by Crippen LogP contribution is 2.16. The van der Waals surface area contributed by atoms with Gasteiger partial charge in [-0.1, -0.05) is 64.7 Å². The first kappa shape index (κ1) is 24.9. The predicted octanol–water partition coefficient (Wildman–Crippen LogP) is 3.26. The van der Waals surface area contributed by atoms with Crippen molar-refractivity contribution in [3.63, 3.8) is 0 Å². The molecule has 27 heavy (non-hydrogen) atoms. The maximum absolute atomic E-state index is 9.69. The highest BCUT2D eigenvalue weighted by Gasteiger charge is 2.32. The van der Waals surface area contributed by atoms with Gasteiger partial charge in [0.05, 0.1) is 38.5 Å². The van der Waals surface area contributed by atoms with Crippen LogP contribution in [0.4, 0.5) is 0 Å². The van der Waals surface area contributed by atoms with Crippen LogP contribution in [0.1, 0.15) is 71.1 Å². The minimum atomic E-state index is -1.16. The van der Waals surface area contributed by atoms with Gasteiger partial charge in [0, 0.05) is 14.2 Å². The number of methoxy groups -OCH3 is 2. The molecule has 1 aliphatic rings. The number of rotatable bonds is 15. The van der Waals surface area contributed by atoms with Crippen LogP contribution in [-0.2, 0) is 18.8 Å². The Morgan fingerprint density at radius 2 is 1.26 bits per heavy atom. The summed E-state index contributed by atoms with van der Waals surface area (Å²) in [6, 6.07) is 0.208. The molecule has 0 amide bonds. The van der Waals surface area contributed by atoms with Gasteiger partial charge in [0.25, 0.3) is 0 Å². The van der Waals surface area contributed by atoms with Crippen molar-refractivity contribution in [3.8, 4) is 0 Å². The van der Waals surface area contributed by atoms with E-state index in [0.29, 0.717) is 26.4 Å². The summed E-state index contributed by atoms with van der Waals surface area (Å²) < 4.78 is 21.5. The molecule has 1 fully saturated rings. The molecule has 6 nitrogen and oxygen atoms in total. The Balaban J connectivity index is 2.32. The van der Waals surface area contributed by atoms with Crippen LogP contribution >= 0.6 is 0 Å². The number of hydrogen-bond donors (Lipinski definition) is 1. The van der Waals surface area contributed by atoms with Crippen LogP contribution in [0.2, 0.25) is 0 Å². The molecular weight excluding hydrogens is 345 g/mol. The lowest BCUT2D eigenvalue weighted by Crippen LogP contribution is -2.55. The van der Waals surface area contributed by atoms with E-state index in [1.807, 2.05) is 0 Å². The van der Waals surface area contributed by atoms with Crippen molar-refractivity contribution < 1.29 is 23.8 Å². The van der Waals surface area contributed by atoms with Crippen molar-refractivity contribution in [1.82, 2.24) is 4.90 Å². The maximum Gasteiger partial charge on any atom is 0.636 e. The summed E-state index contributed by atoms with van der Waals surface area (Å²) in [7, 11) is 2.24. The minimum absolute atomic E-state index is 0.104. The molecule has 0 spiro atoms. The third-order valence-corrected chi connectivity index (χ3v) is 5.29. The Morgan fingerprint density at radius 1 is 0.815 bits per heavy atom. The number of unbranched alkanes of at least 4 members (excludes halogenated alkanes) is 9. The molecule has 160 valence electrons. The third kappa shape index (κ3) is 11.4. The molecule has 0 aromatic carbocycles. The van der Waals surface area contributed by atoms with Crippen molar-refractivity contribution in [1.29, 1.82) is 0 Å². The second kappa shape index (κ2) is 16.7. The van der Waals surface area contributed by atoms with Crippen molar-refractivity contribution in [2.24, 2.45) is 0 Å². The average Bonchev–Trinajstić information content (AvgIpc) is 2.66. The quantitative estimate of drug-likeness (QED) is 0.344. The van der Waals surface area contributed by atoms with E-state index in [-0.39, 0.29) is 12.1 Å². The second-order valence-electron chi connectivity index (χ2n) is 7.61. The van der Waals surface area contributed by atoms with Crippen LogP contribution in [0.5, 0.6) is 0 Å². The first-order valence-electron chi connectivity index (χ1n) is 10.9. The lowest BCUT2D eigenvalue weighted by Gasteiger charge is -2.39. The van der Waals surface area contributed by atoms with E-state index in [0.717, 1.165) is 13.0 Å². The highest BCUT2D eigenvalue weighted by atomic mass is 16.7. The van der Waals surface area contributed by atoms with Gasteiger partial charge in [0.15, 0.2) is 0 Å². The van der Waals surface area contributed by atoms with Crippen LogP contribution in [0, 0.1) is 0 Å². The summed E-state index contributed by atoms with van der Waals surface area (Å²) in [5.41, 5.74) is 0. The molecule has 0 aliphatic carbocycles. The zero-order valence-corrected chi connectivity index (χ0v) is 17.9. The maximum atomic E-state index is 9.69. The van der Waals surface area contributed by atoms with Gasteiger partial charge in [-0.2, -0.15) is 0 Å². The second-order valence-corrected chi connectivity index (χ2v) is 7.61. The molecule has 1 N–H and O–H groups in total. The Kier molecular flexibility index (Phi) is 15.4. The molecule has 1 heterocycles. The van der Waals surface area contributed by atoms with Gasteiger partial charge in [-0.25, -0.2) is 0 Å². The Hall–Kier alpha value is -0.175. The van der Waals surface area contributed by atoms with E-state index in [2.05, 4.69) is 11.8 Å². The van der Waals surface area contributed by atoms with Crippen LogP contribution in [-0.4, -0.2) is 76.5 Å². The lowest BCUT2D eigenvalue weighted by atomic mass is 10.1. The summed E-state index contributed by atoms with van der Waals surface area (Å²) >= 11 is 0. The van der Waals surface area contributed by atoms with Crippen molar-refractivity contribution in [3.05, 3.63) is 0 Å². The van der Waals surface area contributed by atoms with Gasteiger partial charge in [-0.15, -0.1) is 0 Å². The molecule has 0 radical (unpaired) electrons. The van der Waals surface area contributed by atoms with Crippen molar-refractivity contribution in [2.45, 2.75) is 83.2 Å². The van der Waals surface area contributed by atoms with E-state index < -0.39 is 7.32 Å². The molecule has 1 aliphatic heterocycles. The molecule has 0 bridgehead atoms. The summed E-state index contributed by atoms with van der Waals surface area (Å²) in [5, 5.41) is 9.69. The van der Waals surface area contributed by atoms with E-state index in [1.165, 1.54) is 57.8 Å². The van der Waals surface area contributed by atoms with Gasteiger partial charge in [0.1, 0.15) is 0 Å². The average molecular weight is 387 g/mol. The summed E-state index contributed by atoms with van der Waals surface area (Å²) in [6.07, 6.45) is 13.3. The standard InChI is InChI=1S/C20H42BNO5/c1-4-5-6-7-8-9-10-11-12-13-14-22-19(15-24-2)17-26-21(23)27-18-20(22)16-25-3/h19-20,23H,4-18H2,1-3H3. The van der Waals surface area contributed by atoms with Crippen LogP contribution in [0.25, 0.3) is 0 Å². The first-order valence-corrected chi connectivity index (χ1v) is 10.9. The molecule has 2 unspecified atom stereocenters. The predicted molar refractivity (Wildman–Crippen MR) is 110 cm³/mol. The summed E-state index contributed by atoms with van der Waals surface area (Å²) in [4.78, 5) is 2.38. The fraction of sp³-hybridized carbons (Fsp3) is 1.00. The van der Waals surface area contributed by atoms with Gasteiger partial charge in [-0.05, 0) is 13.0 Å². The lowest BCUT2D eigenvalue weighted by molar-refractivity contribution is -0.0432.